The number of allylic oxidation sites excluding steroid dienone is 4. The molecule has 200 valence electrons. The van der Waals surface area contributed by atoms with Crippen LogP contribution in [-0.4, -0.2) is 82.1 Å². The molecule has 0 aromatic heterocycles. The first kappa shape index (κ1) is 30.2. The molecular formula is C28H38FNaO7. The standard InChI is InChI=1S/C28H37FO7.Na.H/c1-6-23(33)35-15-22(32)28(36-24(34)7-2)16(3)12-20-19-9-8-17-13-18(30)10-11-25(17,4)27(19,29)21(31)14-26(20,28)5;;/h10-11,13,16,19-21,31H,6-9,12,14-15H2,1-5H3;;/t16-,19-,20-,21-,25-,26-,27?,28-;;/m0../s1. The van der Waals surface area contributed by atoms with Crippen LogP contribution in [0.15, 0.2) is 23.8 Å². The molecule has 3 saturated carbocycles. The summed E-state index contributed by atoms with van der Waals surface area (Å²) in [4.78, 5) is 50.3. The zero-order valence-electron chi connectivity index (χ0n) is 21.8. The van der Waals surface area contributed by atoms with Gasteiger partial charge in [-0.15, -0.1) is 0 Å². The normalized spacial score (nSPS) is 41.9. The van der Waals surface area contributed by atoms with Gasteiger partial charge in [0.1, 0.15) is 0 Å². The molecule has 4 rings (SSSR count). The molecule has 4 aliphatic rings. The average molecular weight is 529 g/mol. The Kier molecular flexibility index (Phi) is 8.42. The number of aliphatic hydroxyl groups is 1. The van der Waals surface area contributed by atoms with Crippen molar-refractivity contribution in [2.75, 3.05) is 6.61 Å². The van der Waals surface area contributed by atoms with E-state index in [2.05, 4.69) is 0 Å². The number of aliphatic hydroxyl groups excluding tert-OH is 1. The van der Waals surface area contributed by atoms with Crippen molar-refractivity contribution in [2.24, 2.45) is 28.6 Å². The number of hydrogen-bond donors (Lipinski definition) is 1. The molecular weight excluding hydrogens is 490 g/mol. The van der Waals surface area contributed by atoms with E-state index in [0.717, 1.165) is 0 Å². The van der Waals surface area contributed by atoms with E-state index in [1.54, 1.807) is 33.8 Å². The summed E-state index contributed by atoms with van der Waals surface area (Å²) in [6.45, 7) is 8.05. The molecule has 7 nitrogen and oxygen atoms in total. The predicted molar refractivity (Wildman–Crippen MR) is 135 cm³/mol. The summed E-state index contributed by atoms with van der Waals surface area (Å²) in [5.74, 6) is -3.31. The number of ketones is 2. The van der Waals surface area contributed by atoms with Crippen LogP contribution in [0.1, 0.15) is 73.1 Å². The fourth-order valence-electron chi connectivity index (χ4n) is 8.01. The van der Waals surface area contributed by atoms with Crippen molar-refractivity contribution < 1.29 is 38.1 Å². The average Bonchev–Trinajstić information content (AvgIpc) is 3.05. The molecule has 8 atom stereocenters. The Labute approximate surface area is 239 Å². The molecule has 0 bridgehead atoms. The number of fused-ring (bicyclic) bond motifs is 5. The molecule has 0 aromatic rings. The topological polar surface area (TPSA) is 107 Å². The Morgan fingerprint density at radius 1 is 1.14 bits per heavy atom. The van der Waals surface area contributed by atoms with E-state index in [9.17, 15) is 24.3 Å². The van der Waals surface area contributed by atoms with E-state index in [1.807, 2.05) is 6.92 Å². The van der Waals surface area contributed by atoms with Gasteiger partial charge in [0.2, 0.25) is 5.78 Å². The Balaban J connectivity index is 0.00000380. The van der Waals surface area contributed by atoms with Crippen LogP contribution in [0.2, 0.25) is 0 Å². The molecule has 1 unspecified atom stereocenters. The van der Waals surface area contributed by atoms with Gasteiger partial charge in [-0.25, -0.2) is 4.39 Å². The SMILES string of the molecule is CCC(=O)OCC(=O)[C@@]1(OC(=O)CC)[C@@H](C)C[C@H]2[C@@H]3CCC4=CC(=O)C=C[C@]4(C)C3(F)[C@@H](O)C[C@@]21C.[NaH]. The summed E-state index contributed by atoms with van der Waals surface area (Å²) in [5.41, 5.74) is -5.26. The van der Waals surface area contributed by atoms with E-state index in [-0.39, 0.29) is 60.5 Å². The molecule has 0 aromatic carbocycles. The van der Waals surface area contributed by atoms with E-state index in [0.29, 0.717) is 24.8 Å². The quantitative estimate of drug-likeness (QED) is 0.417. The maximum absolute atomic E-state index is 17.4. The van der Waals surface area contributed by atoms with Crippen LogP contribution >= 0.6 is 0 Å². The van der Waals surface area contributed by atoms with Gasteiger partial charge < -0.3 is 14.6 Å². The number of halogens is 1. The van der Waals surface area contributed by atoms with Crippen molar-refractivity contribution >= 4 is 53.1 Å². The summed E-state index contributed by atoms with van der Waals surface area (Å²) in [7, 11) is 0. The summed E-state index contributed by atoms with van der Waals surface area (Å²) in [5, 5.41) is 11.5. The molecule has 3 fully saturated rings. The third-order valence-corrected chi connectivity index (χ3v) is 9.81. The van der Waals surface area contributed by atoms with Crippen LogP contribution in [0.25, 0.3) is 0 Å². The number of ether oxygens (including phenoxy) is 2. The Morgan fingerprint density at radius 2 is 1.78 bits per heavy atom. The second-order valence-corrected chi connectivity index (χ2v) is 11.4. The van der Waals surface area contributed by atoms with Gasteiger partial charge in [-0.3, -0.25) is 19.2 Å². The van der Waals surface area contributed by atoms with Gasteiger partial charge in [0.25, 0.3) is 0 Å². The number of hydrogen-bond acceptors (Lipinski definition) is 7. The Morgan fingerprint density at radius 3 is 2.41 bits per heavy atom. The first-order valence-electron chi connectivity index (χ1n) is 13.0. The predicted octanol–water partition coefficient (Wildman–Crippen LogP) is 3.17. The number of esters is 2. The van der Waals surface area contributed by atoms with Gasteiger partial charge in [0.05, 0.1) is 6.10 Å². The number of carbonyl (C=O) groups is 4. The van der Waals surface area contributed by atoms with Crippen LogP contribution in [0.4, 0.5) is 4.39 Å². The third-order valence-electron chi connectivity index (χ3n) is 9.81. The van der Waals surface area contributed by atoms with Crippen LogP contribution in [-0.2, 0) is 28.7 Å². The molecule has 37 heavy (non-hydrogen) atoms. The van der Waals surface area contributed by atoms with Gasteiger partial charge >= 0.3 is 41.5 Å². The molecule has 0 saturated heterocycles. The van der Waals surface area contributed by atoms with E-state index in [4.69, 9.17) is 9.47 Å². The van der Waals surface area contributed by atoms with Gasteiger partial charge in [-0.05, 0) is 50.7 Å². The van der Waals surface area contributed by atoms with Crippen molar-refractivity contribution in [2.45, 2.75) is 90.5 Å². The fraction of sp³-hybridized carbons (Fsp3) is 0.714. The fourth-order valence-corrected chi connectivity index (χ4v) is 8.01. The Hall–Kier alpha value is -1.35. The summed E-state index contributed by atoms with van der Waals surface area (Å²) in [6.07, 6.45) is 4.32. The molecule has 4 aliphatic carbocycles. The van der Waals surface area contributed by atoms with Crippen molar-refractivity contribution in [3.8, 4) is 0 Å². The first-order chi connectivity index (χ1) is 16.8. The minimum atomic E-state index is -2.05. The second kappa shape index (κ2) is 10.3. The molecule has 0 amide bonds. The molecule has 0 radical (unpaired) electrons. The summed E-state index contributed by atoms with van der Waals surface area (Å²) < 4.78 is 28.5. The van der Waals surface area contributed by atoms with E-state index >= 15 is 4.39 Å². The molecule has 0 aliphatic heterocycles. The second-order valence-electron chi connectivity index (χ2n) is 11.4. The van der Waals surface area contributed by atoms with Gasteiger partial charge in [-0.1, -0.05) is 39.3 Å². The van der Waals surface area contributed by atoms with Crippen LogP contribution in [0, 0.1) is 28.6 Å². The zero-order valence-corrected chi connectivity index (χ0v) is 21.8. The van der Waals surface area contributed by atoms with Crippen molar-refractivity contribution in [1.29, 1.82) is 0 Å². The number of Topliss-reactive ketones (excluding diaryl/α,β-unsaturated/α-hetero) is 1. The minimum absolute atomic E-state index is 0. The maximum atomic E-state index is 17.4. The van der Waals surface area contributed by atoms with E-state index < -0.39 is 64.4 Å². The van der Waals surface area contributed by atoms with Gasteiger partial charge in [-0.2, -0.15) is 0 Å². The monoisotopic (exact) mass is 528 g/mol. The van der Waals surface area contributed by atoms with Crippen LogP contribution < -0.4 is 0 Å². The van der Waals surface area contributed by atoms with Gasteiger partial charge in [0.15, 0.2) is 23.7 Å². The number of alkyl halides is 1. The molecule has 1 N–H and O–H groups in total. The molecule has 0 spiro atoms. The third kappa shape index (κ3) is 4.12. The molecule has 9 heteroatoms. The van der Waals surface area contributed by atoms with Crippen LogP contribution in [0.3, 0.4) is 0 Å². The van der Waals surface area contributed by atoms with E-state index in [1.165, 1.54) is 12.2 Å². The first-order valence-corrected chi connectivity index (χ1v) is 13.0. The summed E-state index contributed by atoms with van der Waals surface area (Å²) in [6, 6.07) is 0. The van der Waals surface area contributed by atoms with Gasteiger partial charge in [0, 0.05) is 35.5 Å². The Bertz CT molecular complexity index is 1060. The number of carbonyl (C=O) groups excluding carboxylic acids is 4. The van der Waals surface area contributed by atoms with Crippen LogP contribution in [0.5, 0.6) is 0 Å². The van der Waals surface area contributed by atoms with Crippen molar-refractivity contribution in [1.82, 2.24) is 0 Å². The number of rotatable bonds is 6. The summed E-state index contributed by atoms with van der Waals surface area (Å²) >= 11 is 0. The zero-order chi connectivity index (χ0) is 26.7. The van der Waals surface area contributed by atoms with Crippen molar-refractivity contribution in [3.05, 3.63) is 23.8 Å². The molecule has 0 heterocycles. The van der Waals surface area contributed by atoms with Crippen molar-refractivity contribution in [3.63, 3.8) is 0 Å².